The van der Waals surface area contributed by atoms with Crippen LogP contribution in [0.25, 0.3) is 22.1 Å². The van der Waals surface area contributed by atoms with Gasteiger partial charge in [-0.3, -0.25) is 14.6 Å². The van der Waals surface area contributed by atoms with Crippen LogP contribution in [0.5, 0.6) is 0 Å². The molecule has 0 radical (unpaired) electrons. The third-order valence-corrected chi connectivity index (χ3v) is 8.28. The molecule has 40 heavy (non-hydrogen) atoms. The lowest BCUT2D eigenvalue weighted by atomic mass is 9.99. The molecule has 2 aromatic carbocycles. The number of furan rings is 1. The molecule has 1 saturated heterocycles. The second-order valence-corrected chi connectivity index (χ2v) is 11.3. The molecule has 1 amide bonds. The van der Waals surface area contributed by atoms with Crippen LogP contribution in [0.1, 0.15) is 64.5 Å². The summed E-state index contributed by atoms with van der Waals surface area (Å²) in [6.07, 6.45) is 3.22. The van der Waals surface area contributed by atoms with Gasteiger partial charge in [0.25, 0.3) is 11.8 Å². The smallest absolute Gasteiger partial charge is 0.253 e. The minimum Gasteiger partial charge on any atom is -0.461 e. The minimum absolute atomic E-state index is 0.0727. The number of benzene rings is 2. The highest BCUT2D eigenvalue weighted by Crippen LogP contribution is 2.48. The molecule has 2 unspecified atom stereocenters. The molecule has 0 bridgehead atoms. The second kappa shape index (κ2) is 10.3. The van der Waals surface area contributed by atoms with Gasteiger partial charge in [-0.25, -0.2) is 8.78 Å². The van der Waals surface area contributed by atoms with Crippen molar-refractivity contribution in [3.8, 4) is 11.1 Å². The van der Waals surface area contributed by atoms with Crippen LogP contribution in [0.2, 0.25) is 0 Å². The molecule has 3 heterocycles. The van der Waals surface area contributed by atoms with Crippen LogP contribution in [0, 0.1) is 19.8 Å². The zero-order chi connectivity index (χ0) is 28.0. The maximum absolute atomic E-state index is 13.5. The van der Waals surface area contributed by atoms with Gasteiger partial charge in [-0.15, -0.1) is 0 Å². The molecule has 1 saturated carbocycles. The number of likely N-dealkylation sites (tertiary alicyclic amines) is 1. The van der Waals surface area contributed by atoms with Crippen molar-refractivity contribution in [2.75, 3.05) is 13.1 Å². The van der Waals surface area contributed by atoms with Gasteiger partial charge in [0.05, 0.1) is 0 Å². The molecule has 2 atom stereocenters. The SMILES string of the molecule is Cc1ccc(C2CC2C(=O)CCc2cc3cc(-c4ccc(C(=O)N5CCC(F)(F)CC5)cc4)cc(C)c3o2)cn1. The van der Waals surface area contributed by atoms with Crippen molar-refractivity contribution in [2.24, 2.45) is 5.92 Å². The monoisotopic (exact) mass is 542 g/mol. The molecular formula is C33H32F2N2O3. The lowest BCUT2D eigenvalue weighted by Crippen LogP contribution is -2.42. The summed E-state index contributed by atoms with van der Waals surface area (Å²) in [6.45, 7) is 4.10. The van der Waals surface area contributed by atoms with E-state index in [0.717, 1.165) is 51.1 Å². The van der Waals surface area contributed by atoms with Crippen LogP contribution in [-0.2, 0) is 11.2 Å². The quantitative estimate of drug-likeness (QED) is 0.246. The predicted molar refractivity (Wildman–Crippen MR) is 150 cm³/mol. The number of carbonyl (C=O) groups is 2. The number of hydrogen-bond donors (Lipinski definition) is 0. The zero-order valence-corrected chi connectivity index (χ0v) is 22.8. The molecule has 2 fully saturated rings. The highest BCUT2D eigenvalue weighted by molar-refractivity contribution is 5.95. The van der Waals surface area contributed by atoms with Crippen molar-refractivity contribution in [1.29, 1.82) is 0 Å². The summed E-state index contributed by atoms with van der Waals surface area (Å²) in [5.74, 6) is -1.46. The number of ketones is 1. The summed E-state index contributed by atoms with van der Waals surface area (Å²) in [7, 11) is 0. The van der Waals surface area contributed by atoms with E-state index >= 15 is 0 Å². The first-order valence-corrected chi connectivity index (χ1v) is 13.9. The van der Waals surface area contributed by atoms with Crippen LogP contribution >= 0.6 is 0 Å². The van der Waals surface area contributed by atoms with Crippen LogP contribution in [0.3, 0.4) is 0 Å². The number of rotatable bonds is 7. The number of amides is 1. The maximum atomic E-state index is 13.5. The van der Waals surface area contributed by atoms with Gasteiger partial charge in [0.15, 0.2) is 0 Å². The van der Waals surface area contributed by atoms with Gasteiger partial charge in [-0.2, -0.15) is 0 Å². The molecule has 4 aromatic rings. The van der Waals surface area contributed by atoms with Gasteiger partial charge < -0.3 is 9.32 Å². The lowest BCUT2D eigenvalue weighted by molar-refractivity contribution is -0.120. The highest BCUT2D eigenvalue weighted by Gasteiger charge is 2.43. The van der Waals surface area contributed by atoms with E-state index in [2.05, 4.69) is 23.2 Å². The Bertz CT molecular complexity index is 1560. The van der Waals surface area contributed by atoms with Crippen LogP contribution < -0.4 is 0 Å². The molecule has 206 valence electrons. The standard InChI is InChI=1S/C33H32F2N2O3/c1-20-15-25(22-5-7-23(8-6-22)32(39)37-13-11-33(34,35)12-14-37)16-26-17-27(40-31(20)26)9-10-30(38)29-18-28(29)24-4-3-21(2)36-19-24/h3-8,15-17,19,28-29H,9-14,18H2,1-2H3. The fourth-order valence-electron chi connectivity index (χ4n) is 5.75. The van der Waals surface area contributed by atoms with Gasteiger partial charge in [-0.05, 0) is 84.8 Å². The Morgan fingerprint density at radius 1 is 1.00 bits per heavy atom. The number of nitrogens with zero attached hydrogens (tertiary/aromatic N) is 2. The van der Waals surface area contributed by atoms with Crippen molar-refractivity contribution >= 4 is 22.7 Å². The van der Waals surface area contributed by atoms with Gasteiger partial charge in [0.1, 0.15) is 17.1 Å². The molecule has 5 nitrogen and oxygen atoms in total. The maximum Gasteiger partial charge on any atom is 0.253 e. The van der Waals surface area contributed by atoms with Crippen LogP contribution in [0.4, 0.5) is 8.78 Å². The Balaban J connectivity index is 1.10. The lowest BCUT2D eigenvalue weighted by Gasteiger charge is -2.31. The van der Waals surface area contributed by atoms with E-state index in [1.165, 1.54) is 4.90 Å². The largest absolute Gasteiger partial charge is 0.461 e. The first-order chi connectivity index (χ1) is 19.2. The third kappa shape index (κ3) is 5.42. The normalized spacial score (nSPS) is 20.1. The van der Waals surface area contributed by atoms with E-state index in [-0.39, 0.29) is 49.5 Å². The molecule has 1 aliphatic carbocycles. The van der Waals surface area contributed by atoms with Crippen molar-refractivity contribution in [3.05, 3.63) is 88.9 Å². The van der Waals surface area contributed by atoms with Crippen molar-refractivity contribution in [3.63, 3.8) is 0 Å². The summed E-state index contributed by atoms with van der Waals surface area (Å²) in [5.41, 5.74) is 6.38. The van der Waals surface area contributed by atoms with E-state index in [1.54, 1.807) is 12.1 Å². The molecule has 0 spiro atoms. The summed E-state index contributed by atoms with van der Waals surface area (Å²) >= 11 is 0. The second-order valence-electron chi connectivity index (χ2n) is 11.3. The van der Waals surface area contributed by atoms with E-state index in [4.69, 9.17) is 4.42 Å². The number of fused-ring (bicyclic) bond motifs is 1. The Morgan fingerprint density at radius 3 is 2.45 bits per heavy atom. The van der Waals surface area contributed by atoms with E-state index in [1.807, 2.05) is 44.3 Å². The van der Waals surface area contributed by atoms with Gasteiger partial charge >= 0.3 is 0 Å². The molecule has 1 aliphatic heterocycles. The molecule has 7 heteroatoms. The first-order valence-electron chi connectivity index (χ1n) is 13.9. The molecule has 2 aromatic heterocycles. The molecular weight excluding hydrogens is 510 g/mol. The average molecular weight is 543 g/mol. The van der Waals surface area contributed by atoms with Crippen LogP contribution in [-0.4, -0.2) is 40.6 Å². The third-order valence-electron chi connectivity index (χ3n) is 8.28. The van der Waals surface area contributed by atoms with Crippen molar-refractivity contribution < 1.29 is 22.8 Å². The number of halogens is 2. The first kappa shape index (κ1) is 26.4. The molecule has 6 rings (SSSR count). The number of hydrogen-bond acceptors (Lipinski definition) is 4. The van der Waals surface area contributed by atoms with Gasteiger partial charge in [0.2, 0.25) is 0 Å². The zero-order valence-electron chi connectivity index (χ0n) is 22.8. The van der Waals surface area contributed by atoms with E-state index in [9.17, 15) is 18.4 Å². The average Bonchev–Trinajstić information content (AvgIpc) is 3.63. The Morgan fingerprint density at radius 2 is 1.75 bits per heavy atom. The van der Waals surface area contributed by atoms with E-state index < -0.39 is 5.92 Å². The van der Waals surface area contributed by atoms with Gasteiger partial charge in [-0.1, -0.05) is 18.2 Å². The summed E-state index contributed by atoms with van der Waals surface area (Å²) in [6, 6.07) is 17.5. The number of piperidine rings is 1. The van der Waals surface area contributed by atoms with Crippen LogP contribution in [0.15, 0.2) is 65.2 Å². The topological polar surface area (TPSA) is 63.4 Å². The van der Waals surface area contributed by atoms with E-state index in [0.29, 0.717) is 18.4 Å². The minimum atomic E-state index is -2.68. The molecule has 2 aliphatic rings. The molecule has 0 N–H and O–H groups in total. The summed E-state index contributed by atoms with van der Waals surface area (Å²) in [4.78, 5) is 31.5. The Hall–Kier alpha value is -3.87. The van der Waals surface area contributed by atoms with Crippen molar-refractivity contribution in [1.82, 2.24) is 9.88 Å². The fourth-order valence-corrected chi connectivity index (χ4v) is 5.75. The number of pyridine rings is 1. The highest BCUT2D eigenvalue weighted by atomic mass is 19.3. The summed E-state index contributed by atoms with van der Waals surface area (Å²) < 4.78 is 33.1. The number of aryl methyl sites for hydroxylation is 3. The number of carbonyl (C=O) groups excluding carboxylic acids is 2. The fraction of sp³-hybridized carbons (Fsp3) is 0.364. The predicted octanol–water partition coefficient (Wildman–Crippen LogP) is 7.29. The summed E-state index contributed by atoms with van der Waals surface area (Å²) in [5, 5.41) is 0.974. The Labute approximate surface area is 232 Å². The van der Waals surface area contributed by atoms with Crippen molar-refractivity contribution in [2.45, 2.75) is 57.8 Å². The number of aromatic nitrogens is 1. The van der Waals surface area contributed by atoms with Gasteiger partial charge in [0, 0.05) is 67.5 Å². The Kier molecular flexibility index (Phi) is 6.77. The number of alkyl halides is 2. The number of Topliss-reactive ketones (excluding diaryl/α,β-unsaturated/α-hetero) is 1.